The van der Waals surface area contributed by atoms with Crippen LogP contribution in [0, 0.1) is 0 Å². The number of nitrogens with one attached hydrogen (secondary N) is 1. The van der Waals surface area contributed by atoms with Gasteiger partial charge in [-0.2, -0.15) is 0 Å². The van der Waals surface area contributed by atoms with Gasteiger partial charge in [-0.3, -0.25) is 0 Å². The summed E-state index contributed by atoms with van der Waals surface area (Å²) in [6.45, 7) is 7.11. The van der Waals surface area contributed by atoms with Crippen molar-refractivity contribution >= 4 is 24.0 Å². The molecular weight excluding hydrogens is 357 g/mol. The first-order chi connectivity index (χ1) is 11.5. The third-order valence-corrected chi connectivity index (χ3v) is 4.27. The molecule has 0 aliphatic rings. The molecule has 0 bridgehead atoms. The van der Waals surface area contributed by atoms with Crippen LogP contribution in [0.3, 0.4) is 0 Å². The molecule has 0 amide bonds. The molecule has 2 N–H and O–H groups in total. The summed E-state index contributed by atoms with van der Waals surface area (Å²) >= 11 is 5.89. The van der Waals surface area contributed by atoms with Gasteiger partial charge in [-0.05, 0) is 48.2 Å². The monoisotopic (exact) mass is 383 g/mol. The lowest BCUT2D eigenvalue weighted by atomic mass is 10.0. The van der Waals surface area contributed by atoms with Gasteiger partial charge in [-0.15, -0.1) is 12.4 Å². The number of aliphatic hydroxyl groups is 1. The maximum absolute atomic E-state index is 10.1. The van der Waals surface area contributed by atoms with Gasteiger partial charge in [0.1, 0.15) is 18.5 Å². The molecule has 0 spiro atoms. The molecule has 3 nitrogen and oxygen atoms in total. The summed E-state index contributed by atoms with van der Waals surface area (Å²) in [6, 6.07) is 15.9. The predicted octanol–water partition coefficient (Wildman–Crippen LogP) is 4.98. The number of aliphatic hydroxyl groups excluding tert-OH is 1. The molecule has 2 aromatic rings. The minimum Gasteiger partial charge on any atom is -0.491 e. The number of halogens is 2. The molecule has 2 aromatic carbocycles. The van der Waals surface area contributed by atoms with E-state index in [0.29, 0.717) is 12.5 Å². The quantitative estimate of drug-likeness (QED) is 0.675. The van der Waals surface area contributed by atoms with E-state index in [1.165, 1.54) is 5.56 Å². The van der Waals surface area contributed by atoms with Crippen LogP contribution in [0.25, 0.3) is 0 Å². The highest BCUT2D eigenvalue weighted by molar-refractivity contribution is 6.30. The predicted molar refractivity (Wildman–Crippen MR) is 107 cm³/mol. The number of hydrogen-bond acceptors (Lipinski definition) is 3. The van der Waals surface area contributed by atoms with E-state index in [-0.39, 0.29) is 25.1 Å². The number of benzene rings is 2. The smallest absolute Gasteiger partial charge is 0.119 e. The lowest BCUT2D eigenvalue weighted by molar-refractivity contribution is 0.104. The Morgan fingerprint density at radius 2 is 1.52 bits per heavy atom. The number of hydrogen-bond donors (Lipinski definition) is 2. The van der Waals surface area contributed by atoms with Gasteiger partial charge in [-0.1, -0.05) is 49.7 Å². The van der Waals surface area contributed by atoms with Crippen molar-refractivity contribution in [1.29, 1.82) is 0 Å². The Bertz CT molecular complexity index is 615. The fourth-order valence-corrected chi connectivity index (χ4v) is 2.51. The van der Waals surface area contributed by atoms with Gasteiger partial charge >= 0.3 is 0 Å². The standard InChI is InChI=1S/C20H26ClNO2.ClH/c1-14(2)16-6-10-20(11-7-16)24-13-19(23)12-22-15(3)17-4-8-18(21)9-5-17;/h4-11,14-15,19,22-23H,12-13H2,1-3H3;1H. The average molecular weight is 384 g/mol. The molecule has 0 heterocycles. The number of ether oxygens (including phenoxy) is 1. The van der Waals surface area contributed by atoms with E-state index in [2.05, 4.69) is 38.2 Å². The van der Waals surface area contributed by atoms with Crippen molar-refractivity contribution < 1.29 is 9.84 Å². The van der Waals surface area contributed by atoms with Crippen LogP contribution in [0.4, 0.5) is 0 Å². The normalized spacial score (nSPS) is 13.2. The molecule has 0 aliphatic heterocycles. The number of rotatable bonds is 8. The summed E-state index contributed by atoms with van der Waals surface area (Å²) in [4.78, 5) is 0. The zero-order chi connectivity index (χ0) is 17.5. The molecule has 0 aliphatic carbocycles. The van der Waals surface area contributed by atoms with E-state index >= 15 is 0 Å². The highest BCUT2D eigenvalue weighted by Crippen LogP contribution is 2.19. The summed E-state index contributed by atoms with van der Waals surface area (Å²) in [7, 11) is 0. The molecule has 0 saturated heterocycles. The Balaban J connectivity index is 0.00000312. The summed E-state index contributed by atoms with van der Waals surface area (Å²) in [5.74, 6) is 1.28. The van der Waals surface area contributed by atoms with Gasteiger partial charge in [0.15, 0.2) is 0 Å². The van der Waals surface area contributed by atoms with E-state index in [9.17, 15) is 5.11 Å². The molecule has 0 aromatic heterocycles. The highest BCUT2D eigenvalue weighted by Gasteiger charge is 2.10. The fourth-order valence-electron chi connectivity index (χ4n) is 2.38. The van der Waals surface area contributed by atoms with Crippen molar-refractivity contribution in [1.82, 2.24) is 5.32 Å². The Labute approximate surface area is 161 Å². The van der Waals surface area contributed by atoms with E-state index < -0.39 is 6.10 Å². The van der Waals surface area contributed by atoms with Gasteiger partial charge in [0.25, 0.3) is 0 Å². The Kier molecular flexibility index (Phi) is 9.30. The Morgan fingerprint density at radius 3 is 2.08 bits per heavy atom. The SMILES string of the molecule is CC(C)c1ccc(OCC(O)CNC(C)c2ccc(Cl)cc2)cc1.Cl. The third kappa shape index (κ3) is 7.25. The van der Waals surface area contributed by atoms with Crippen LogP contribution in [0.2, 0.25) is 5.02 Å². The van der Waals surface area contributed by atoms with Crippen LogP contribution >= 0.6 is 24.0 Å². The zero-order valence-corrected chi connectivity index (χ0v) is 16.5. The first-order valence-electron chi connectivity index (χ1n) is 8.35. The molecule has 2 unspecified atom stereocenters. The summed E-state index contributed by atoms with van der Waals surface area (Å²) in [5, 5.41) is 14.1. The topological polar surface area (TPSA) is 41.5 Å². The van der Waals surface area contributed by atoms with Crippen molar-refractivity contribution in [3.63, 3.8) is 0 Å². The molecule has 0 saturated carbocycles. The van der Waals surface area contributed by atoms with Gasteiger partial charge in [0.2, 0.25) is 0 Å². The largest absolute Gasteiger partial charge is 0.491 e. The van der Waals surface area contributed by atoms with Gasteiger partial charge < -0.3 is 15.2 Å². The maximum atomic E-state index is 10.1. The van der Waals surface area contributed by atoms with Crippen LogP contribution in [-0.2, 0) is 0 Å². The van der Waals surface area contributed by atoms with Crippen LogP contribution in [0.15, 0.2) is 48.5 Å². The molecule has 138 valence electrons. The minimum absolute atomic E-state index is 0. The van der Waals surface area contributed by atoms with Crippen molar-refractivity contribution in [3.05, 3.63) is 64.7 Å². The van der Waals surface area contributed by atoms with E-state index in [1.807, 2.05) is 36.4 Å². The third-order valence-electron chi connectivity index (χ3n) is 4.02. The first kappa shape index (κ1) is 21.8. The maximum Gasteiger partial charge on any atom is 0.119 e. The zero-order valence-electron chi connectivity index (χ0n) is 14.9. The molecule has 5 heteroatoms. The van der Waals surface area contributed by atoms with E-state index in [1.54, 1.807) is 0 Å². The minimum atomic E-state index is -0.565. The first-order valence-corrected chi connectivity index (χ1v) is 8.73. The highest BCUT2D eigenvalue weighted by atomic mass is 35.5. The van der Waals surface area contributed by atoms with E-state index in [4.69, 9.17) is 16.3 Å². The van der Waals surface area contributed by atoms with Gasteiger partial charge in [-0.25, -0.2) is 0 Å². The average Bonchev–Trinajstić information content (AvgIpc) is 2.58. The van der Waals surface area contributed by atoms with Crippen molar-refractivity contribution in [2.75, 3.05) is 13.2 Å². The summed E-state index contributed by atoms with van der Waals surface area (Å²) in [6.07, 6.45) is -0.565. The van der Waals surface area contributed by atoms with Crippen molar-refractivity contribution in [2.45, 2.75) is 38.8 Å². The molecule has 0 radical (unpaired) electrons. The van der Waals surface area contributed by atoms with Gasteiger partial charge in [0, 0.05) is 17.6 Å². The lowest BCUT2D eigenvalue weighted by Gasteiger charge is -2.18. The molecule has 25 heavy (non-hydrogen) atoms. The van der Waals surface area contributed by atoms with Crippen LogP contribution in [0.1, 0.15) is 43.9 Å². The van der Waals surface area contributed by atoms with Crippen molar-refractivity contribution in [2.24, 2.45) is 0 Å². The Hall–Kier alpha value is -1.26. The summed E-state index contributed by atoms with van der Waals surface area (Å²) < 4.78 is 5.65. The second kappa shape index (κ2) is 10.7. The lowest BCUT2D eigenvalue weighted by Crippen LogP contribution is -2.33. The van der Waals surface area contributed by atoms with Crippen molar-refractivity contribution in [3.8, 4) is 5.75 Å². The Morgan fingerprint density at radius 1 is 0.960 bits per heavy atom. The van der Waals surface area contributed by atoms with E-state index in [0.717, 1.165) is 16.3 Å². The molecule has 2 atom stereocenters. The summed E-state index contributed by atoms with van der Waals surface area (Å²) in [5.41, 5.74) is 2.41. The molecule has 0 fully saturated rings. The second-order valence-corrected chi connectivity index (χ2v) is 6.81. The fraction of sp³-hybridized carbons (Fsp3) is 0.400. The van der Waals surface area contributed by atoms with Gasteiger partial charge in [0.05, 0.1) is 0 Å². The molecular formula is C20H27Cl2NO2. The van der Waals surface area contributed by atoms with Crippen LogP contribution in [-0.4, -0.2) is 24.4 Å². The molecule has 2 rings (SSSR count). The van der Waals surface area contributed by atoms with Crippen LogP contribution < -0.4 is 10.1 Å². The second-order valence-electron chi connectivity index (χ2n) is 6.37. The van der Waals surface area contributed by atoms with Crippen LogP contribution in [0.5, 0.6) is 5.75 Å².